The first kappa shape index (κ1) is 24.0. The summed E-state index contributed by atoms with van der Waals surface area (Å²) in [6.07, 6.45) is 3.68. The number of aromatic nitrogens is 3. The van der Waals surface area contributed by atoms with Crippen molar-refractivity contribution in [3.8, 4) is 11.3 Å². The van der Waals surface area contributed by atoms with Crippen molar-refractivity contribution in [2.45, 2.75) is 32.7 Å². The van der Waals surface area contributed by atoms with E-state index in [4.69, 9.17) is 14.5 Å². The second-order valence-corrected chi connectivity index (χ2v) is 10.2. The first-order valence-corrected chi connectivity index (χ1v) is 12.2. The van der Waals surface area contributed by atoms with Crippen molar-refractivity contribution in [3.05, 3.63) is 64.6 Å². The predicted molar refractivity (Wildman–Crippen MR) is 129 cm³/mol. The standard InChI is InChI=1S/C26H27F2N5O4/c1-15-5-29-25(30-19-9-36-10-19)31-23(15)17-4-22-24(35)33(12-26(13-37-14-26)11-32(22)7-17)6-16-2-20(27)21(28)3-18(16)8-34/h2-5,7,19,34H,6,8-14H2,1H3,(H,29,30,31). The normalized spacial score (nSPS) is 18.8. The molecule has 0 saturated carbocycles. The lowest BCUT2D eigenvalue weighted by Gasteiger charge is -2.43. The molecule has 0 bridgehead atoms. The van der Waals surface area contributed by atoms with Crippen molar-refractivity contribution in [3.63, 3.8) is 0 Å². The summed E-state index contributed by atoms with van der Waals surface area (Å²) in [4.78, 5) is 24.5. The Kier molecular flexibility index (Phi) is 5.93. The topological polar surface area (TPSA) is 102 Å². The van der Waals surface area contributed by atoms with E-state index in [1.165, 1.54) is 0 Å². The molecule has 6 rings (SSSR count). The maximum atomic E-state index is 14.1. The molecule has 11 heteroatoms. The molecule has 0 aliphatic carbocycles. The molecule has 3 aliphatic heterocycles. The number of ether oxygens (including phenoxy) is 2. The van der Waals surface area contributed by atoms with Gasteiger partial charge >= 0.3 is 0 Å². The van der Waals surface area contributed by atoms with Crippen LogP contribution in [0.3, 0.4) is 0 Å². The van der Waals surface area contributed by atoms with Gasteiger partial charge in [-0.1, -0.05) is 0 Å². The zero-order valence-electron chi connectivity index (χ0n) is 20.3. The summed E-state index contributed by atoms with van der Waals surface area (Å²) >= 11 is 0. The molecule has 1 amide bonds. The summed E-state index contributed by atoms with van der Waals surface area (Å²) in [5.74, 6) is -1.78. The number of aliphatic hydroxyl groups is 1. The van der Waals surface area contributed by atoms with E-state index in [2.05, 4.69) is 10.3 Å². The van der Waals surface area contributed by atoms with Crippen LogP contribution in [-0.2, 0) is 29.2 Å². The maximum Gasteiger partial charge on any atom is 0.270 e. The van der Waals surface area contributed by atoms with Crippen LogP contribution in [0.15, 0.2) is 30.6 Å². The Labute approximate surface area is 212 Å². The molecule has 2 aromatic heterocycles. The van der Waals surface area contributed by atoms with Gasteiger partial charge in [-0.25, -0.2) is 18.7 Å². The molecule has 2 N–H and O–H groups in total. The van der Waals surface area contributed by atoms with Crippen LogP contribution < -0.4 is 5.32 Å². The summed E-state index contributed by atoms with van der Waals surface area (Å²) in [6, 6.07) is 4.03. The summed E-state index contributed by atoms with van der Waals surface area (Å²) in [7, 11) is 0. The summed E-state index contributed by atoms with van der Waals surface area (Å²) in [6.45, 7) is 4.66. The van der Waals surface area contributed by atoms with E-state index in [0.29, 0.717) is 56.7 Å². The second-order valence-electron chi connectivity index (χ2n) is 10.2. The lowest BCUT2D eigenvalue weighted by molar-refractivity contribution is -0.129. The fraction of sp³-hybridized carbons (Fsp3) is 0.423. The van der Waals surface area contributed by atoms with Crippen molar-refractivity contribution >= 4 is 11.9 Å². The number of anilines is 1. The SMILES string of the molecule is Cc1cnc(NC2COC2)nc1-c1cc2n(c1)CC1(COC1)CN(Cc1cc(F)c(F)cc1CO)C2=O. The lowest BCUT2D eigenvalue weighted by atomic mass is 9.85. The Hall–Kier alpha value is -3.41. The molecule has 1 spiro atoms. The Morgan fingerprint density at radius 3 is 2.54 bits per heavy atom. The zero-order chi connectivity index (χ0) is 25.7. The third-order valence-electron chi connectivity index (χ3n) is 7.24. The zero-order valence-corrected chi connectivity index (χ0v) is 20.3. The Balaban J connectivity index is 1.35. The Bertz CT molecular complexity index is 1370. The van der Waals surface area contributed by atoms with Crippen molar-refractivity contribution in [1.29, 1.82) is 0 Å². The third-order valence-corrected chi connectivity index (χ3v) is 7.24. The number of hydrogen-bond acceptors (Lipinski definition) is 7. The summed E-state index contributed by atoms with van der Waals surface area (Å²) in [5, 5.41) is 13.0. The third kappa shape index (κ3) is 4.36. The van der Waals surface area contributed by atoms with E-state index >= 15 is 0 Å². The van der Waals surface area contributed by atoms with Crippen molar-refractivity contribution in [1.82, 2.24) is 19.4 Å². The molecule has 3 aliphatic rings. The number of rotatable bonds is 6. The van der Waals surface area contributed by atoms with Crippen LogP contribution in [0, 0.1) is 24.0 Å². The van der Waals surface area contributed by atoms with E-state index in [9.17, 15) is 18.7 Å². The van der Waals surface area contributed by atoms with Gasteiger partial charge in [-0.15, -0.1) is 0 Å². The molecule has 0 unspecified atom stereocenters. The maximum absolute atomic E-state index is 14.1. The Morgan fingerprint density at radius 1 is 1.14 bits per heavy atom. The number of nitrogens with one attached hydrogen (secondary N) is 1. The first-order chi connectivity index (χ1) is 17.8. The molecule has 1 aromatic carbocycles. The average molecular weight is 512 g/mol. The molecular formula is C26H27F2N5O4. The van der Waals surface area contributed by atoms with Gasteiger partial charge in [0, 0.05) is 37.6 Å². The van der Waals surface area contributed by atoms with E-state index in [0.717, 1.165) is 29.0 Å². The molecule has 0 atom stereocenters. The van der Waals surface area contributed by atoms with Gasteiger partial charge in [0.05, 0.1) is 50.2 Å². The first-order valence-electron chi connectivity index (χ1n) is 12.2. The highest BCUT2D eigenvalue weighted by molar-refractivity contribution is 5.94. The van der Waals surface area contributed by atoms with E-state index in [-0.39, 0.29) is 29.5 Å². The van der Waals surface area contributed by atoms with Crippen molar-refractivity contribution < 1.29 is 28.2 Å². The van der Waals surface area contributed by atoms with Gasteiger partial charge in [-0.2, -0.15) is 0 Å². The summed E-state index contributed by atoms with van der Waals surface area (Å²) < 4.78 is 40.5. The van der Waals surface area contributed by atoms with Gasteiger partial charge in [0.15, 0.2) is 11.6 Å². The number of nitrogens with zero attached hydrogens (tertiary/aromatic N) is 4. The van der Waals surface area contributed by atoms with Gasteiger partial charge in [0.2, 0.25) is 5.95 Å². The predicted octanol–water partition coefficient (Wildman–Crippen LogP) is 2.51. The summed E-state index contributed by atoms with van der Waals surface area (Å²) in [5.41, 5.74) is 3.18. The van der Waals surface area contributed by atoms with Gasteiger partial charge in [-0.3, -0.25) is 4.79 Å². The number of hydrogen-bond donors (Lipinski definition) is 2. The fourth-order valence-corrected chi connectivity index (χ4v) is 5.14. The van der Waals surface area contributed by atoms with Crippen LogP contribution in [0.25, 0.3) is 11.3 Å². The molecule has 3 aromatic rings. The van der Waals surface area contributed by atoms with Crippen LogP contribution in [0.5, 0.6) is 0 Å². The number of benzene rings is 1. The van der Waals surface area contributed by atoms with Gasteiger partial charge < -0.3 is 29.4 Å². The van der Waals surface area contributed by atoms with Gasteiger partial charge in [-0.05, 0) is 41.8 Å². The van der Waals surface area contributed by atoms with Crippen LogP contribution in [0.1, 0.15) is 27.2 Å². The highest BCUT2D eigenvalue weighted by Crippen LogP contribution is 2.37. The minimum Gasteiger partial charge on any atom is -0.392 e. The largest absolute Gasteiger partial charge is 0.392 e. The van der Waals surface area contributed by atoms with Crippen LogP contribution in [0.4, 0.5) is 14.7 Å². The van der Waals surface area contributed by atoms with E-state index in [1.807, 2.05) is 23.8 Å². The molecule has 5 heterocycles. The average Bonchev–Trinajstić information content (AvgIpc) is 3.20. The van der Waals surface area contributed by atoms with E-state index < -0.39 is 18.2 Å². The van der Waals surface area contributed by atoms with E-state index in [1.54, 1.807) is 11.1 Å². The minimum absolute atomic E-state index is 0.0399. The van der Waals surface area contributed by atoms with Crippen molar-refractivity contribution in [2.24, 2.45) is 5.41 Å². The molecule has 37 heavy (non-hydrogen) atoms. The number of aryl methyl sites for hydroxylation is 1. The molecule has 194 valence electrons. The fourth-order valence-electron chi connectivity index (χ4n) is 5.14. The quantitative estimate of drug-likeness (QED) is 0.525. The van der Waals surface area contributed by atoms with Gasteiger partial charge in [0.25, 0.3) is 5.91 Å². The number of amides is 1. The van der Waals surface area contributed by atoms with Crippen LogP contribution >= 0.6 is 0 Å². The number of carbonyl (C=O) groups excluding carboxylic acids is 1. The minimum atomic E-state index is -1.03. The van der Waals surface area contributed by atoms with Gasteiger partial charge in [0.1, 0.15) is 5.69 Å². The van der Waals surface area contributed by atoms with Crippen molar-refractivity contribution in [2.75, 3.05) is 38.3 Å². The smallest absolute Gasteiger partial charge is 0.270 e. The lowest BCUT2D eigenvalue weighted by Crippen LogP contribution is -2.52. The molecule has 2 fully saturated rings. The highest BCUT2D eigenvalue weighted by atomic mass is 19.2. The Morgan fingerprint density at radius 2 is 1.89 bits per heavy atom. The second kappa shape index (κ2) is 9.16. The monoisotopic (exact) mass is 511 g/mol. The molecule has 9 nitrogen and oxygen atoms in total. The highest BCUT2D eigenvalue weighted by Gasteiger charge is 2.45. The molecule has 0 radical (unpaired) electrons. The number of halogens is 2. The number of fused-ring (bicyclic) bond motifs is 1. The number of aliphatic hydroxyl groups excluding tert-OH is 1. The number of carbonyl (C=O) groups is 1. The van der Waals surface area contributed by atoms with Crippen LogP contribution in [-0.4, -0.2) is 69.5 Å². The van der Waals surface area contributed by atoms with Crippen LogP contribution in [0.2, 0.25) is 0 Å². The molecule has 2 saturated heterocycles. The molecular weight excluding hydrogens is 484 g/mol.